The van der Waals surface area contributed by atoms with Crippen molar-refractivity contribution in [2.24, 2.45) is 0 Å². The lowest BCUT2D eigenvalue weighted by atomic mass is 10.2. The van der Waals surface area contributed by atoms with E-state index >= 15 is 0 Å². The minimum absolute atomic E-state index is 0.269. The van der Waals surface area contributed by atoms with Gasteiger partial charge in [0, 0.05) is 18.9 Å². The second kappa shape index (κ2) is 6.40. The quantitative estimate of drug-likeness (QED) is 0.754. The van der Waals surface area contributed by atoms with Gasteiger partial charge >= 0.3 is 0 Å². The molecule has 0 aliphatic heterocycles. The maximum atomic E-state index is 5.89. The van der Waals surface area contributed by atoms with E-state index in [4.69, 9.17) is 21.3 Å². The Labute approximate surface area is 119 Å². The highest BCUT2D eigenvalue weighted by Gasteiger charge is 2.15. The van der Waals surface area contributed by atoms with Gasteiger partial charge in [0.25, 0.3) is 0 Å². The third-order valence-electron chi connectivity index (χ3n) is 3.24. The molecule has 19 heavy (non-hydrogen) atoms. The van der Waals surface area contributed by atoms with E-state index in [1.807, 2.05) is 6.92 Å². The highest BCUT2D eigenvalue weighted by molar-refractivity contribution is 6.17. The predicted octanol–water partition coefficient (Wildman–Crippen LogP) is 3.72. The molecule has 0 N–H and O–H groups in total. The van der Waals surface area contributed by atoms with E-state index in [1.165, 1.54) is 5.56 Å². The zero-order valence-corrected chi connectivity index (χ0v) is 12.6. The molecule has 0 saturated carbocycles. The van der Waals surface area contributed by atoms with E-state index < -0.39 is 0 Å². The van der Waals surface area contributed by atoms with Crippen LogP contribution in [0.15, 0.2) is 18.2 Å². The number of fused-ring (bicyclic) bond motifs is 1. The van der Waals surface area contributed by atoms with Crippen LogP contribution in [0.2, 0.25) is 0 Å². The Bertz CT molecular complexity index is 550. The molecule has 0 bridgehead atoms. The average molecular weight is 281 g/mol. The molecule has 0 saturated heterocycles. The summed E-state index contributed by atoms with van der Waals surface area (Å²) in [5.74, 6) is 1.63. The Kier molecular flexibility index (Phi) is 4.83. The minimum Gasteiger partial charge on any atom is -0.380 e. The van der Waals surface area contributed by atoms with Gasteiger partial charge in [0.15, 0.2) is 0 Å². The van der Waals surface area contributed by atoms with Crippen LogP contribution in [0.5, 0.6) is 0 Å². The Morgan fingerprint density at radius 1 is 1.42 bits per heavy atom. The fraction of sp³-hybridized carbons (Fsp3) is 0.533. The molecule has 3 nitrogen and oxygen atoms in total. The van der Waals surface area contributed by atoms with Crippen LogP contribution in [0.4, 0.5) is 0 Å². The number of hydrogen-bond donors (Lipinski definition) is 0. The summed E-state index contributed by atoms with van der Waals surface area (Å²) in [6, 6.07) is 6.65. The SMILES string of the molecule is CCOCC(C)n1c(CCCl)nc2cc(C)ccc21. The van der Waals surface area contributed by atoms with Crippen LogP contribution in [0.1, 0.15) is 31.3 Å². The van der Waals surface area contributed by atoms with Gasteiger partial charge in [-0.3, -0.25) is 0 Å². The van der Waals surface area contributed by atoms with E-state index in [0.717, 1.165) is 29.9 Å². The largest absolute Gasteiger partial charge is 0.380 e. The summed E-state index contributed by atoms with van der Waals surface area (Å²) < 4.78 is 7.80. The average Bonchev–Trinajstić information content (AvgIpc) is 2.73. The molecule has 1 heterocycles. The molecule has 0 radical (unpaired) electrons. The molecule has 1 aromatic heterocycles. The van der Waals surface area contributed by atoms with Gasteiger partial charge in [-0.25, -0.2) is 4.98 Å². The number of halogens is 1. The van der Waals surface area contributed by atoms with E-state index in [1.54, 1.807) is 0 Å². The number of benzene rings is 1. The van der Waals surface area contributed by atoms with Gasteiger partial charge in [-0.2, -0.15) is 0 Å². The Morgan fingerprint density at radius 2 is 2.21 bits per heavy atom. The number of ether oxygens (including phenoxy) is 1. The minimum atomic E-state index is 0.269. The van der Waals surface area contributed by atoms with E-state index in [9.17, 15) is 0 Å². The van der Waals surface area contributed by atoms with Gasteiger partial charge in [0.05, 0.1) is 23.7 Å². The van der Waals surface area contributed by atoms with E-state index in [-0.39, 0.29) is 6.04 Å². The molecule has 1 atom stereocenters. The molecule has 104 valence electrons. The molecule has 0 fully saturated rings. The van der Waals surface area contributed by atoms with Gasteiger partial charge in [-0.15, -0.1) is 11.6 Å². The van der Waals surface area contributed by atoms with Gasteiger partial charge in [-0.1, -0.05) is 6.07 Å². The Morgan fingerprint density at radius 3 is 2.89 bits per heavy atom. The van der Waals surface area contributed by atoms with Gasteiger partial charge in [-0.05, 0) is 38.5 Å². The fourth-order valence-electron chi connectivity index (χ4n) is 2.37. The predicted molar refractivity (Wildman–Crippen MR) is 80.1 cm³/mol. The smallest absolute Gasteiger partial charge is 0.111 e. The Balaban J connectivity index is 2.45. The molecular weight excluding hydrogens is 260 g/mol. The van der Waals surface area contributed by atoms with Gasteiger partial charge in [0.1, 0.15) is 5.82 Å². The number of hydrogen-bond acceptors (Lipinski definition) is 2. The number of imidazole rings is 1. The summed E-state index contributed by atoms with van der Waals surface area (Å²) in [7, 11) is 0. The van der Waals surface area contributed by atoms with Crippen molar-refractivity contribution < 1.29 is 4.74 Å². The van der Waals surface area contributed by atoms with Crippen molar-refractivity contribution in [3.05, 3.63) is 29.6 Å². The summed E-state index contributed by atoms with van der Waals surface area (Å²) >= 11 is 5.89. The van der Waals surface area contributed by atoms with Crippen molar-refractivity contribution >= 4 is 22.6 Å². The number of alkyl halides is 1. The fourth-order valence-corrected chi connectivity index (χ4v) is 2.54. The second-order valence-corrected chi connectivity index (χ2v) is 5.22. The molecular formula is C15H21ClN2O. The first-order valence-electron chi connectivity index (χ1n) is 6.78. The maximum absolute atomic E-state index is 5.89. The van der Waals surface area contributed by atoms with Crippen molar-refractivity contribution in [3.8, 4) is 0 Å². The normalized spacial score (nSPS) is 13.1. The van der Waals surface area contributed by atoms with Crippen LogP contribution in [0.25, 0.3) is 11.0 Å². The highest BCUT2D eigenvalue weighted by Crippen LogP contribution is 2.23. The Hall–Kier alpha value is -1.06. The molecule has 1 aromatic carbocycles. The van der Waals surface area contributed by atoms with Crippen molar-refractivity contribution in [2.75, 3.05) is 19.1 Å². The number of aryl methyl sites for hydroxylation is 2. The first-order valence-corrected chi connectivity index (χ1v) is 7.32. The van der Waals surface area contributed by atoms with Crippen molar-refractivity contribution in [1.29, 1.82) is 0 Å². The van der Waals surface area contributed by atoms with Crippen molar-refractivity contribution in [2.45, 2.75) is 33.2 Å². The first-order chi connectivity index (χ1) is 9.17. The summed E-state index contributed by atoms with van der Waals surface area (Å²) in [6.45, 7) is 7.70. The summed E-state index contributed by atoms with van der Waals surface area (Å²) in [6.07, 6.45) is 0.783. The number of nitrogens with zero attached hydrogens (tertiary/aromatic N) is 2. The molecule has 0 spiro atoms. The molecule has 0 amide bonds. The van der Waals surface area contributed by atoms with Crippen LogP contribution < -0.4 is 0 Å². The van der Waals surface area contributed by atoms with Crippen LogP contribution in [0, 0.1) is 6.92 Å². The highest BCUT2D eigenvalue weighted by atomic mass is 35.5. The maximum Gasteiger partial charge on any atom is 0.111 e. The molecule has 0 aliphatic rings. The molecule has 0 aliphatic carbocycles. The van der Waals surface area contributed by atoms with Crippen LogP contribution in [-0.4, -0.2) is 28.6 Å². The first kappa shape index (κ1) is 14.4. The zero-order chi connectivity index (χ0) is 13.8. The molecule has 1 unspecified atom stereocenters. The summed E-state index contributed by atoms with van der Waals surface area (Å²) in [5.41, 5.74) is 3.44. The third kappa shape index (κ3) is 3.10. The molecule has 2 rings (SSSR count). The van der Waals surface area contributed by atoms with Gasteiger partial charge in [0.2, 0.25) is 0 Å². The van der Waals surface area contributed by atoms with E-state index in [0.29, 0.717) is 12.5 Å². The van der Waals surface area contributed by atoms with Crippen molar-refractivity contribution in [3.63, 3.8) is 0 Å². The second-order valence-electron chi connectivity index (χ2n) is 4.84. The van der Waals surface area contributed by atoms with Crippen LogP contribution >= 0.6 is 11.6 Å². The monoisotopic (exact) mass is 280 g/mol. The third-order valence-corrected chi connectivity index (χ3v) is 3.43. The summed E-state index contributed by atoms with van der Waals surface area (Å²) in [5, 5.41) is 0. The lowest BCUT2D eigenvalue weighted by Crippen LogP contribution is -2.15. The van der Waals surface area contributed by atoms with Crippen LogP contribution in [-0.2, 0) is 11.2 Å². The van der Waals surface area contributed by atoms with Gasteiger partial charge < -0.3 is 9.30 Å². The van der Waals surface area contributed by atoms with Crippen molar-refractivity contribution in [1.82, 2.24) is 9.55 Å². The zero-order valence-electron chi connectivity index (χ0n) is 11.8. The van der Waals surface area contributed by atoms with E-state index in [2.05, 4.69) is 36.6 Å². The lowest BCUT2D eigenvalue weighted by Gasteiger charge is -2.17. The standard InChI is InChI=1S/C15H21ClN2O/c1-4-19-10-12(3)18-14-6-5-11(2)9-13(14)17-15(18)7-8-16/h5-6,9,12H,4,7-8,10H2,1-3H3. The lowest BCUT2D eigenvalue weighted by molar-refractivity contribution is 0.119. The van der Waals surface area contributed by atoms with Crippen LogP contribution in [0.3, 0.4) is 0 Å². The molecule has 4 heteroatoms. The number of aromatic nitrogens is 2. The number of rotatable bonds is 6. The molecule has 2 aromatic rings. The topological polar surface area (TPSA) is 27.1 Å². The summed E-state index contributed by atoms with van der Waals surface area (Å²) in [4.78, 5) is 4.72.